The number of carbonyl (C=O) groups is 1. The van der Waals surface area contributed by atoms with E-state index in [0.717, 1.165) is 16.9 Å². The molecule has 1 atom stereocenters. The van der Waals surface area contributed by atoms with Crippen molar-refractivity contribution in [3.8, 4) is 28.7 Å². The second-order valence-corrected chi connectivity index (χ2v) is 6.40. The minimum atomic E-state index is -0.176. The van der Waals surface area contributed by atoms with E-state index in [-0.39, 0.29) is 18.4 Å². The van der Waals surface area contributed by atoms with Crippen molar-refractivity contribution in [2.24, 2.45) is 0 Å². The van der Waals surface area contributed by atoms with E-state index >= 15 is 0 Å². The Hall–Kier alpha value is -3.09. The number of fused-ring (bicyclic) bond motifs is 1. The molecule has 3 rings (SSSR count). The molecule has 0 aliphatic carbocycles. The lowest BCUT2D eigenvalue weighted by atomic mass is 10.1. The molecule has 0 bridgehead atoms. The lowest BCUT2D eigenvalue weighted by Crippen LogP contribution is -2.28. The standard InChI is InChI=1S/C21H25NO6/c1-13(15-5-6-16-17(12-15)28-8-7-27-16)22-20(23)11-14-9-18(24-2)21(26-4)19(10-14)25-3/h5-6,9-10,12-13H,7-8,11H2,1-4H3,(H,22,23)/t13-/m1/s1. The van der Waals surface area contributed by atoms with Crippen LogP contribution in [-0.2, 0) is 11.2 Å². The van der Waals surface area contributed by atoms with Crippen LogP contribution in [0.3, 0.4) is 0 Å². The van der Waals surface area contributed by atoms with E-state index in [4.69, 9.17) is 23.7 Å². The number of ether oxygens (including phenoxy) is 5. The lowest BCUT2D eigenvalue weighted by Gasteiger charge is -2.21. The van der Waals surface area contributed by atoms with Crippen molar-refractivity contribution in [2.75, 3.05) is 34.5 Å². The van der Waals surface area contributed by atoms with E-state index in [0.29, 0.717) is 36.2 Å². The highest BCUT2D eigenvalue weighted by Gasteiger charge is 2.18. The molecule has 1 aliphatic rings. The Morgan fingerprint density at radius 3 is 2.25 bits per heavy atom. The van der Waals surface area contributed by atoms with Crippen LogP contribution in [0, 0.1) is 0 Å². The van der Waals surface area contributed by atoms with Gasteiger partial charge in [-0.15, -0.1) is 0 Å². The van der Waals surface area contributed by atoms with Gasteiger partial charge in [0.1, 0.15) is 13.2 Å². The third kappa shape index (κ3) is 4.24. The maximum Gasteiger partial charge on any atom is 0.224 e. The fourth-order valence-corrected chi connectivity index (χ4v) is 3.13. The quantitative estimate of drug-likeness (QED) is 0.787. The average Bonchev–Trinajstić information content (AvgIpc) is 2.72. The Labute approximate surface area is 164 Å². The highest BCUT2D eigenvalue weighted by molar-refractivity contribution is 5.79. The minimum Gasteiger partial charge on any atom is -0.493 e. The summed E-state index contributed by atoms with van der Waals surface area (Å²) in [6, 6.07) is 9.07. The Bertz CT molecular complexity index is 826. The molecule has 0 spiro atoms. The second kappa shape index (κ2) is 8.73. The number of methoxy groups -OCH3 is 3. The van der Waals surface area contributed by atoms with E-state index in [9.17, 15) is 4.79 Å². The molecule has 0 fully saturated rings. The molecule has 7 nitrogen and oxygen atoms in total. The summed E-state index contributed by atoms with van der Waals surface area (Å²) in [6.45, 7) is 3.00. The normalized spacial score (nSPS) is 13.4. The summed E-state index contributed by atoms with van der Waals surface area (Å²) >= 11 is 0. The van der Waals surface area contributed by atoms with E-state index in [1.54, 1.807) is 33.5 Å². The maximum absolute atomic E-state index is 12.6. The largest absolute Gasteiger partial charge is 0.493 e. The number of benzene rings is 2. The Morgan fingerprint density at radius 2 is 1.64 bits per heavy atom. The van der Waals surface area contributed by atoms with Gasteiger partial charge in [-0.25, -0.2) is 0 Å². The van der Waals surface area contributed by atoms with Gasteiger partial charge in [-0.3, -0.25) is 4.79 Å². The maximum atomic E-state index is 12.6. The number of hydrogen-bond donors (Lipinski definition) is 1. The molecule has 1 amide bonds. The van der Waals surface area contributed by atoms with Gasteiger partial charge >= 0.3 is 0 Å². The zero-order valence-corrected chi connectivity index (χ0v) is 16.5. The number of hydrogen-bond acceptors (Lipinski definition) is 6. The van der Waals surface area contributed by atoms with Gasteiger partial charge in [-0.1, -0.05) is 6.07 Å². The van der Waals surface area contributed by atoms with Crippen LogP contribution in [0.4, 0.5) is 0 Å². The molecular weight excluding hydrogens is 362 g/mol. The first kappa shape index (κ1) is 19.7. The summed E-state index contributed by atoms with van der Waals surface area (Å²) in [5.41, 5.74) is 1.71. The summed E-state index contributed by atoms with van der Waals surface area (Å²) in [5.74, 6) is 2.85. The molecule has 0 radical (unpaired) electrons. The Morgan fingerprint density at radius 1 is 1.00 bits per heavy atom. The van der Waals surface area contributed by atoms with Gasteiger partial charge in [0.15, 0.2) is 23.0 Å². The van der Waals surface area contributed by atoms with Gasteiger partial charge in [-0.2, -0.15) is 0 Å². The minimum absolute atomic E-state index is 0.114. The molecule has 0 aromatic heterocycles. The van der Waals surface area contributed by atoms with E-state index in [1.165, 1.54) is 0 Å². The molecule has 28 heavy (non-hydrogen) atoms. The van der Waals surface area contributed by atoms with Crippen LogP contribution < -0.4 is 29.0 Å². The van der Waals surface area contributed by atoms with Gasteiger partial charge in [0.25, 0.3) is 0 Å². The Kier molecular flexibility index (Phi) is 6.13. The van der Waals surface area contributed by atoms with Crippen LogP contribution in [0.25, 0.3) is 0 Å². The fraction of sp³-hybridized carbons (Fsp3) is 0.381. The molecule has 150 valence electrons. The van der Waals surface area contributed by atoms with Gasteiger partial charge in [-0.05, 0) is 42.3 Å². The molecule has 0 saturated carbocycles. The molecular formula is C21H25NO6. The predicted octanol–water partition coefficient (Wildman–Crippen LogP) is 2.90. The van der Waals surface area contributed by atoms with Crippen molar-refractivity contribution in [1.82, 2.24) is 5.32 Å². The molecule has 7 heteroatoms. The van der Waals surface area contributed by atoms with Crippen LogP contribution in [0.1, 0.15) is 24.1 Å². The van der Waals surface area contributed by atoms with Crippen molar-refractivity contribution < 1.29 is 28.5 Å². The first-order valence-electron chi connectivity index (χ1n) is 9.03. The van der Waals surface area contributed by atoms with Crippen molar-refractivity contribution in [3.63, 3.8) is 0 Å². The molecule has 0 unspecified atom stereocenters. The zero-order valence-electron chi connectivity index (χ0n) is 16.5. The molecule has 0 saturated heterocycles. The summed E-state index contributed by atoms with van der Waals surface area (Å²) < 4.78 is 27.1. The van der Waals surface area contributed by atoms with E-state index in [2.05, 4.69) is 5.32 Å². The smallest absolute Gasteiger partial charge is 0.224 e. The molecule has 1 heterocycles. The summed E-state index contributed by atoms with van der Waals surface area (Å²) in [5, 5.41) is 3.01. The predicted molar refractivity (Wildman–Crippen MR) is 104 cm³/mol. The SMILES string of the molecule is COc1cc(CC(=O)N[C@H](C)c2ccc3c(c2)OCCO3)cc(OC)c1OC. The van der Waals surface area contributed by atoms with Crippen LogP contribution in [0.15, 0.2) is 30.3 Å². The van der Waals surface area contributed by atoms with Gasteiger partial charge in [0.2, 0.25) is 11.7 Å². The first-order valence-corrected chi connectivity index (χ1v) is 9.03. The molecule has 2 aromatic rings. The highest BCUT2D eigenvalue weighted by Crippen LogP contribution is 2.38. The summed E-state index contributed by atoms with van der Waals surface area (Å²) in [4.78, 5) is 12.6. The second-order valence-electron chi connectivity index (χ2n) is 6.40. The highest BCUT2D eigenvalue weighted by atomic mass is 16.6. The van der Waals surface area contributed by atoms with Crippen LogP contribution in [-0.4, -0.2) is 40.5 Å². The number of carbonyl (C=O) groups excluding carboxylic acids is 1. The molecule has 2 aromatic carbocycles. The third-order valence-corrected chi connectivity index (χ3v) is 4.53. The van der Waals surface area contributed by atoms with Crippen molar-refractivity contribution >= 4 is 5.91 Å². The fourth-order valence-electron chi connectivity index (χ4n) is 3.13. The van der Waals surface area contributed by atoms with Crippen LogP contribution in [0.5, 0.6) is 28.7 Å². The molecule has 1 aliphatic heterocycles. The summed E-state index contributed by atoms with van der Waals surface area (Å²) in [7, 11) is 4.64. The third-order valence-electron chi connectivity index (χ3n) is 4.53. The van der Waals surface area contributed by atoms with Crippen molar-refractivity contribution in [2.45, 2.75) is 19.4 Å². The summed E-state index contributed by atoms with van der Waals surface area (Å²) in [6.07, 6.45) is 0.186. The zero-order chi connectivity index (χ0) is 20.1. The van der Waals surface area contributed by atoms with E-state index in [1.807, 2.05) is 25.1 Å². The number of nitrogens with one attached hydrogen (secondary N) is 1. The van der Waals surface area contributed by atoms with Gasteiger partial charge < -0.3 is 29.0 Å². The van der Waals surface area contributed by atoms with Crippen LogP contribution >= 0.6 is 0 Å². The average molecular weight is 387 g/mol. The number of amides is 1. The molecule has 1 N–H and O–H groups in total. The topological polar surface area (TPSA) is 75.3 Å². The van der Waals surface area contributed by atoms with Crippen molar-refractivity contribution in [3.05, 3.63) is 41.5 Å². The first-order chi connectivity index (χ1) is 13.5. The lowest BCUT2D eigenvalue weighted by molar-refractivity contribution is -0.121. The van der Waals surface area contributed by atoms with Crippen LogP contribution in [0.2, 0.25) is 0 Å². The Balaban J connectivity index is 1.70. The van der Waals surface area contributed by atoms with E-state index < -0.39 is 0 Å². The van der Waals surface area contributed by atoms with Gasteiger partial charge in [0.05, 0.1) is 33.8 Å². The monoisotopic (exact) mass is 387 g/mol. The van der Waals surface area contributed by atoms with Gasteiger partial charge in [0, 0.05) is 0 Å². The van der Waals surface area contributed by atoms with Crippen molar-refractivity contribution in [1.29, 1.82) is 0 Å². The number of rotatable bonds is 7.